The first-order valence-electron chi connectivity index (χ1n) is 9.83. The molecule has 0 aliphatic heterocycles. The number of Topliss-reactive ketones (excluding diaryl/α,β-unsaturated/α-hetero) is 1. The summed E-state index contributed by atoms with van der Waals surface area (Å²) < 4.78 is 18.2. The van der Waals surface area contributed by atoms with Gasteiger partial charge in [0.25, 0.3) is 0 Å². The smallest absolute Gasteiger partial charge is 0.336 e. The zero-order valence-corrected chi connectivity index (χ0v) is 17.4. The molecule has 2 heterocycles. The lowest BCUT2D eigenvalue weighted by atomic mass is 10.1. The number of nitrogens with zero attached hydrogens (tertiary/aromatic N) is 1. The maximum atomic E-state index is 12.7. The summed E-state index contributed by atoms with van der Waals surface area (Å²) in [4.78, 5) is 24.4. The highest BCUT2D eigenvalue weighted by molar-refractivity contribution is 5.98. The molecule has 0 spiro atoms. The maximum absolute atomic E-state index is 12.7. The highest BCUT2D eigenvalue weighted by Crippen LogP contribution is 2.23. The fourth-order valence-corrected chi connectivity index (χ4v) is 3.61. The van der Waals surface area contributed by atoms with E-state index in [1.807, 2.05) is 32.9 Å². The van der Waals surface area contributed by atoms with Crippen LogP contribution in [0.2, 0.25) is 0 Å². The third-order valence-corrected chi connectivity index (χ3v) is 5.16. The number of rotatable bonds is 9. The number of fused-ring (bicyclic) bond motifs is 1. The van der Waals surface area contributed by atoms with Crippen molar-refractivity contribution in [2.45, 2.75) is 40.2 Å². The summed E-state index contributed by atoms with van der Waals surface area (Å²) in [6.45, 7) is 7.34. The molecule has 2 aromatic heterocycles. The SMILES string of the molecule is CCc1cc(=O)oc2cc(OCC(=O)c3cc(C)n(CCCOC)c3C)ccc12. The molecule has 0 N–H and O–H groups in total. The number of aromatic nitrogens is 1. The standard InChI is InChI=1S/C23H27NO5/c1-5-17-12-23(26)29-22-13-18(7-8-19(17)22)28-14-21(25)20-11-15(2)24(16(20)3)9-6-10-27-4/h7-8,11-13H,5-6,9-10,14H2,1-4H3. The van der Waals surface area contributed by atoms with Gasteiger partial charge in [0.1, 0.15) is 11.3 Å². The molecule has 29 heavy (non-hydrogen) atoms. The molecule has 3 aromatic rings. The fourth-order valence-electron chi connectivity index (χ4n) is 3.61. The van der Waals surface area contributed by atoms with Crippen LogP contribution in [0.15, 0.2) is 39.5 Å². The monoisotopic (exact) mass is 397 g/mol. The van der Waals surface area contributed by atoms with Gasteiger partial charge in [-0.2, -0.15) is 0 Å². The van der Waals surface area contributed by atoms with Crippen LogP contribution in [0.5, 0.6) is 5.75 Å². The molecule has 6 nitrogen and oxygen atoms in total. The van der Waals surface area contributed by atoms with Crippen molar-refractivity contribution in [3.63, 3.8) is 0 Å². The van der Waals surface area contributed by atoms with E-state index < -0.39 is 0 Å². The number of ketones is 1. The highest BCUT2D eigenvalue weighted by atomic mass is 16.5. The topological polar surface area (TPSA) is 70.7 Å². The zero-order chi connectivity index (χ0) is 21.0. The fraction of sp³-hybridized carbons (Fsp3) is 0.391. The van der Waals surface area contributed by atoms with Crippen molar-refractivity contribution >= 4 is 16.8 Å². The molecule has 1 aromatic carbocycles. The Morgan fingerprint density at radius 1 is 1.17 bits per heavy atom. The number of methoxy groups -OCH3 is 1. The van der Waals surface area contributed by atoms with Gasteiger partial charge in [0, 0.05) is 54.7 Å². The number of carbonyl (C=O) groups is 1. The Kier molecular flexibility index (Phi) is 6.54. The number of ether oxygens (including phenoxy) is 2. The zero-order valence-electron chi connectivity index (χ0n) is 17.4. The molecular formula is C23H27NO5. The van der Waals surface area contributed by atoms with Crippen LogP contribution in [0.1, 0.15) is 40.7 Å². The molecule has 0 saturated carbocycles. The maximum Gasteiger partial charge on any atom is 0.336 e. The van der Waals surface area contributed by atoms with Crippen LogP contribution in [0, 0.1) is 13.8 Å². The van der Waals surface area contributed by atoms with Crippen molar-refractivity contribution in [1.29, 1.82) is 0 Å². The van der Waals surface area contributed by atoms with Gasteiger partial charge in [-0.3, -0.25) is 4.79 Å². The molecule has 0 aliphatic carbocycles. The van der Waals surface area contributed by atoms with Crippen LogP contribution in [0.3, 0.4) is 0 Å². The predicted octanol–water partition coefficient (Wildman–Crippen LogP) is 4.07. The summed E-state index contributed by atoms with van der Waals surface area (Å²) in [5.41, 5.74) is 3.66. The number of carbonyl (C=O) groups excluding carboxylic acids is 1. The van der Waals surface area contributed by atoms with Crippen LogP contribution in [0.25, 0.3) is 11.0 Å². The molecule has 154 valence electrons. The Morgan fingerprint density at radius 3 is 2.69 bits per heavy atom. The Bertz CT molecular complexity index is 1080. The van der Waals surface area contributed by atoms with Crippen LogP contribution < -0.4 is 10.4 Å². The summed E-state index contributed by atoms with van der Waals surface area (Å²) in [6.07, 6.45) is 1.62. The van der Waals surface area contributed by atoms with Gasteiger partial charge < -0.3 is 18.5 Å². The second kappa shape index (κ2) is 9.09. The number of benzene rings is 1. The molecule has 6 heteroatoms. The third kappa shape index (κ3) is 4.59. The highest BCUT2D eigenvalue weighted by Gasteiger charge is 2.16. The molecule has 0 fully saturated rings. The van der Waals surface area contributed by atoms with Gasteiger partial charge in [-0.25, -0.2) is 4.79 Å². The summed E-state index contributed by atoms with van der Waals surface area (Å²) in [5, 5.41) is 0.880. The average molecular weight is 397 g/mol. The van der Waals surface area contributed by atoms with Crippen molar-refractivity contribution in [3.8, 4) is 5.75 Å². The van der Waals surface area contributed by atoms with Gasteiger partial charge in [-0.15, -0.1) is 0 Å². The van der Waals surface area contributed by atoms with Crippen LogP contribution in [0.4, 0.5) is 0 Å². The van der Waals surface area contributed by atoms with Gasteiger partial charge in [0.05, 0.1) is 0 Å². The molecule has 3 rings (SSSR count). The van der Waals surface area contributed by atoms with E-state index in [4.69, 9.17) is 13.9 Å². The molecule has 0 saturated heterocycles. The van der Waals surface area contributed by atoms with Crippen molar-refractivity contribution in [2.75, 3.05) is 20.3 Å². The van der Waals surface area contributed by atoms with Crippen LogP contribution >= 0.6 is 0 Å². The minimum atomic E-state index is -0.386. The number of hydrogen-bond donors (Lipinski definition) is 0. The second-order valence-corrected chi connectivity index (χ2v) is 7.10. The predicted molar refractivity (Wildman–Crippen MR) is 112 cm³/mol. The van der Waals surface area contributed by atoms with E-state index in [9.17, 15) is 9.59 Å². The largest absolute Gasteiger partial charge is 0.485 e. The number of hydrogen-bond acceptors (Lipinski definition) is 5. The summed E-state index contributed by atoms with van der Waals surface area (Å²) in [6, 6.07) is 8.73. The van der Waals surface area contributed by atoms with E-state index in [0.717, 1.165) is 41.7 Å². The first-order valence-corrected chi connectivity index (χ1v) is 9.83. The molecule has 0 amide bonds. The lowest BCUT2D eigenvalue weighted by Crippen LogP contribution is -2.13. The Balaban J connectivity index is 1.74. The minimum absolute atomic E-state index is 0.0778. The second-order valence-electron chi connectivity index (χ2n) is 7.10. The quantitative estimate of drug-likeness (QED) is 0.309. The van der Waals surface area contributed by atoms with Crippen molar-refractivity contribution in [2.24, 2.45) is 0 Å². The van der Waals surface area contributed by atoms with E-state index in [-0.39, 0.29) is 18.0 Å². The van der Waals surface area contributed by atoms with Gasteiger partial charge in [-0.05, 0) is 50.5 Å². The van der Waals surface area contributed by atoms with E-state index in [1.54, 1.807) is 19.2 Å². The Labute approximate surface area is 170 Å². The van der Waals surface area contributed by atoms with E-state index >= 15 is 0 Å². The van der Waals surface area contributed by atoms with Gasteiger partial charge in [0.2, 0.25) is 5.78 Å². The summed E-state index contributed by atoms with van der Waals surface area (Å²) in [7, 11) is 1.68. The number of aryl methyl sites for hydroxylation is 2. The lowest BCUT2D eigenvalue weighted by Gasteiger charge is -2.10. The van der Waals surface area contributed by atoms with Crippen molar-refractivity contribution in [1.82, 2.24) is 4.57 Å². The van der Waals surface area contributed by atoms with Gasteiger partial charge >= 0.3 is 5.63 Å². The van der Waals surface area contributed by atoms with Crippen molar-refractivity contribution in [3.05, 3.63) is 63.3 Å². The lowest BCUT2D eigenvalue weighted by molar-refractivity contribution is 0.0920. The molecular weight excluding hydrogens is 370 g/mol. The minimum Gasteiger partial charge on any atom is -0.485 e. The van der Waals surface area contributed by atoms with Crippen molar-refractivity contribution < 1.29 is 18.7 Å². The third-order valence-electron chi connectivity index (χ3n) is 5.16. The molecule has 0 atom stereocenters. The Hall–Kier alpha value is -2.86. The van der Waals surface area contributed by atoms with Crippen LogP contribution in [-0.4, -0.2) is 30.7 Å². The van der Waals surface area contributed by atoms with Gasteiger partial charge in [0.15, 0.2) is 6.61 Å². The van der Waals surface area contributed by atoms with E-state index in [1.165, 1.54) is 6.07 Å². The first kappa shape index (κ1) is 20.9. The average Bonchev–Trinajstić information content (AvgIpc) is 2.99. The van der Waals surface area contributed by atoms with E-state index in [2.05, 4.69) is 4.57 Å². The van der Waals surface area contributed by atoms with E-state index in [0.29, 0.717) is 23.5 Å². The van der Waals surface area contributed by atoms with Crippen LogP contribution in [-0.2, 0) is 17.7 Å². The first-order chi connectivity index (χ1) is 13.9. The molecule has 0 aliphatic rings. The molecule has 0 radical (unpaired) electrons. The summed E-state index contributed by atoms with van der Waals surface area (Å²) >= 11 is 0. The molecule has 0 bridgehead atoms. The molecule has 0 unspecified atom stereocenters. The van der Waals surface area contributed by atoms with Gasteiger partial charge in [-0.1, -0.05) is 6.92 Å². The normalized spacial score (nSPS) is 11.2. The Morgan fingerprint density at radius 2 is 1.97 bits per heavy atom. The summed E-state index contributed by atoms with van der Waals surface area (Å²) in [5.74, 6) is 0.413.